The lowest BCUT2D eigenvalue weighted by Gasteiger charge is -2.46. The number of nitrogens with zero attached hydrogens (tertiary/aromatic N) is 4. The highest BCUT2D eigenvalue weighted by Crippen LogP contribution is 2.34. The van der Waals surface area contributed by atoms with Crippen LogP contribution >= 0.6 is 0 Å². The summed E-state index contributed by atoms with van der Waals surface area (Å²) in [6.45, 7) is 5.46. The molecule has 1 amide bonds. The van der Waals surface area contributed by atoms with E-state index in [1.165, 1.54) is 29.5 Å². The average molecular weight is 559 g/mol. The van der Waals surface area contributed by atoms with Gasteiger partial charge in [0.1, 0.15) is 5.82 Å². The third kappa shape index (κ3) is 5.96. The molecule has 0 aliphatic carbocycles. The number of benzene rings is 2. The van der Waals surface area contributed by atoms with Gasteiger partial charge >= 0.3 is 0 Å². The Balaban J connectivity index is 1.09. The number of para-hydroxylation sites is 1. The first-order valence-electron chi connectivity index (χ1n) is 14.4. The summed E-state index contributed by atoms with van der Waals surface area (Å²) in [4.78, 5) is 25.9. The smallest absolute Gasteiger partial charge is 0.246 e. The van der Waals surface area contributed by atoms with E-state index in [-0.39, 0.29) is 11.5 Å². The number of rotatable bonds is 7. The molecule has 2 saturated heterocycles. The number of aryl methyl sites for hydroxylation is 1. The zero-order valence-electron chi connectivity index (χ0n) is 23.3. The molecule has 0 spiro atoms. The number of nitrogens with one attached hydrogen (secondary N) is 2. The molecule has 2 aliphatic heterocycles. The van der Waals surface area contributed by atoms with Gasteiger partial charge in [-0.2, -0.15) is 0 Å². The number of carbonyl (C=O) groups is 1. The van der Waals surface area contributed by atoms with Crippen molar-refractivity contribution in [3.8, 4) is 0 Å². The minimum Gasteiger partial charge on any atom is -0.361 e. The number of fused-ring (bicyclic) bond motifs is 1. The number of aromatic amines is 2. The monoisotopic (exact) mass is 558 g/mol. The lowest BCUT2D eigenvalue weighted by atomic mass is 9.89. The van der Waals surface area contributed by atoms with E-state index in [9.17, 15) is 13.6 Å². The second-order valence-corrected chi connectivity index (χ2v) is 11.2. The Labute approximate surface area is 238 Å². The summed E-state index contributed by atoms with van der Waals surface area (Å²) >= 11 is 0. The maximum absolute atomic E-state index is 13.8. The topological polar surface area (TPSA) is 71.3 Å². The summed E-state index contributed by atoms with van der Waals surface area (Å²) in [5.74, 6) is -0.399. The molecule has 2 aromatic heterocycles. The van der Waals surface area contributed by atoms with Crippen LogP contribution in [0.1, 0.15) is 54.1 Å². The molecule has 2 fully saturated rings. The average Bonchev–Trinajstić information content (AvgIpc) is 3.68. The van der Waals surface area contributed by atoms with E-state index in [2.05, 4.69) is 55.4 Å². The summed E-state index contributed by atoms with van der Waals surface area (Å²) in [5.41, 5.74) is 3.31. The maximum Gasteiger partial charge on any atom is 0.246 e. The molecular formula is C32H36F2N6O. The molecule has 0 bridgehead atoms. The maximum atomic E-state index is 13.8. The Morgan fingerprint density at radius 1 is 1.07 bits per heavy atom. The van der Waals surface area contributed by atoms with Gasteiger partial charge in [-0.3, -0.25) is 4.79 Å². The van der Waals surface area contributed by atoms with Crippen LogP contribution in [-0.4, -0.2) is 68.0 Å². The van der Waals surface area contributed by atoms with E-state index in [1.807, 2.05) is 11.1 Å². The van der Waals surface area contributed by atoms with E-state index in [1.54, 1.807) is 18.3 Å². The second kappa shape index (κ2) is 12.0. The molecule has 4 heterocycles. The number of halogens is 2. The highest BCUT2D eigenvalue weighted by Gasteiger charge is 2.33. The Hall–Kier alpha value is -3.82. The largest absolute Gasteiger partial charge is 0.361 e. The molecule has 2 aromatic carbocycles. The van der Waals surface area contributed by atoms with Crippen LogP contribution in [-0.2, 0) is 11.3 Å². The normalized spacial score (nSPS) is 17.8. The van der Waals surface area contributed by atoms with Crippen LogP contribution in [0.25, 0.3) is 17.0 Å². The molecule has 214 valence electrons. The van der Waals surface area contributed by atoms with Crippen molar-refractivity contribution in [2.75, 3.05) is 26.2 Å². The van der Waals surface area contributed by atoms with Gasteiger partial charge in [-0.05, 0) is 79.5 Å². The minimum atomic E-state index is -0.903. The molecule has 0 saturated carbocycles. The third-order valence-corrected chi connectivity index (χ3v) is 8.61. The predicted octanol–water partition coefficient (Wildman–Crippen LogP) is 5.78. The van der Waals surface area contributed by atoms with Gasteiger partial charge in [0.2, 0.25) is 5.91 Å². The Kier molecular flexibility index (Phi) is 7.98. The quantitative estimate of drug-likeness (QED) is 0.282. The van der Waals surface area contributed by atoms with Gasteiger partial charge in [-0.25, -0.2) is 23.8 Å². The number of carbonyl (C=O) groups excluding carboxylic acids is 1. The number of amides is 1. The van der Waals surface area contributed by atoms with Crippen LogP contribution < -0.4 is 0 Å². The molecule has 0 atom stereocenters. The molecule has 0 unspecified atom stereocenters. The number of imidazole rings is 1. The number of piperidine rings is 2. The highest BCUT2D eigenvalue weighted by atomic mass is 19.2. The van der Waals surface area contributed by atoms with Gasteiger partial charge in [0.05, 0.1) is 6.54 Å². The number of hydrogen-bond acceptors (Lipinski definition) is 4. The van der Waals surface area contributed by atoms with E-state index >= 15 is 0 Å². The van der Waals surface area contributed by atoms with Crippen molar-refractivity contribution in [3.63, 3.8) is 0 Å². The summed E-state index contributed by atoms with van der Waals surface area (Å²) in [6.07, 6.45) is 12.7. The molecular weight excluding hydrogens is 522 g/mol. The van der Waals surface area contributed by atoms with E-state index < -0.39 is 11.6 Å². The summed E-state index contributed by atoms with van der Waals surface area (Å²) in [7, 11) is 0. The van der Waals surface area contributed by atoms with Crippen LogP contribution in [0, 0.1) is 18.6 Å². The predicted molar refractivity (Wildman–Crippen MR) is 156 cm³/mol. The van der Waals surface area contributed by atoms with Gasteiger partial charge < -0.3 is 14.9 Å². The number of hydrogen-bond donors (Lipinski definition) is 2. The van der Waals surface area contributed by atoms with Gasteiger partial charge in [0, 0.05) is 67.8 Å². The standard InChI is InChI=1S/C32H36F2N6O/c1-22-18-23(19-28(33)32(22)34)6-7-31(41)38-14-10-25(11-15-38)40(21-30-35-12-13-36-30)39-16-8-24(9-17-39)27-20-37-29-5-3-2-4-26(27)29/h2-7,12-13,18-20,24-25,37H,8-11,14-17,21H2,1H3,(H,35,36)/b7-6+. The van der Waals surface area contributed by atoms with Crippen molar-refractivity contribution in [3.05, 3.63) is 95.2 Å². The van der Waals surface area contributed by atoms with Gasteiger partial charge in [0.15, 0.2) is 11.6 Å². The first-order valence-corrected chi connectivity index (χ1v) is 14.4. The first-order chi connectivity index (χ1) is 20.0. The van der Waals surface area contributed by atoms with Crippen molar-refractivity contribution < 1.29 is 13.6 Å². The van der Waals surface area contributed by atoms with Crippen LogP contribution in [0.2, 0.25) is 0 Å². The van der Waals surface area contributed by atoms with Crippen LogP contribution in [0.5, 0.6) is 0 Å². The fraction of sp³-hybridized carbons (Fsp3) is 0.375. The number of H-pyrrole nitrogens is 2. The Morgan fingerprint density at radius 2 is 1.85 bits per heavy atom. The van der Waals surface area contributed by atoms with E-state index in [0.717, 1.165) is 50.7 Å². The summed E-state index contributed by atoms with van der Waals surface area (Å²) in [5, 5.41) is 6.28. The van der Waals surface area contributed by atoms with Crippen LogP contribution in [0.15, 0.2) is 61.1 Å². The van der Waals surface area contributed by atoms with Gasteiger partial charge in [-0.15, -0.1) is 0 Å². The van der Waals surface area contributed by atoms with Crippen molar-refractivity contribution in [1.29, 1.82) is 0 Å². The summed E-state index contributed by atoms with van der Waals surface area (Å²) in [6, 6.07) is 11.5. The molecule has 9 heteroatoms. The van der Waals surface area contributed by atoms with Crippen molar-refractivity contribution >= 4 is 22.9 Å². The van der Waals surface area contributed by atoms with Gasteiger partial charge in [0.25, 0.3) is 0 Å². The van der Waals surface area contributed by atoms with E-state index in [4.69, 9.17) is 0 Å². The lowest BCUT2D eigenvalue weighted by molar-refractivity contribution is -0.131. The first kappa shape index (κ1) is 27.4. The molecule has 41 heavy (non-hydrogen) atoms. The van der Waals surface area contributed by atoms with Crippen molar-refractivity contribution in [1.82, 2.24) is 29.9 Å². The molecule has 6 rings (SSSR count). The second-order valence-electron chi connectivity index (χ2n) is 11.2. The van der Waals surface area contributed by atoms with Crippen molar-refractivity contribution in [2.45, 2.75) is 51.1 Å². The van der Waals surface area contributed by atoms with Crippen LogP contribution in [0.4, 0.5) is 8.78 Å². The molecule has 7 nitrogen and oxygen atoms in total. The fourth-order valence-electron chi connectivity index (χ4n) is 6.37. The van der Waals surface area contributed by atoms with Gasteiger partial charge in [-0.1, -0.05) is 18.2 Å². The zero-order chi connectivity index (χ0) is 28.3. The lowest BCUT2D eigenvalue weighted by Crippen LogP contribution is -2.54. The highest BCUT2D eigenvalue weighted by molar-refractivity contribution is 5.91. The van der Waals surface area contributed by atoms with Crippen molar-refractivity contribution in [2.24, 2.45) is 0 Å². The molecule has 4 aromatic rings. The number of aromatic nitrogens is 3. The van der Waals surface area contributed by atoms with E-state index in [0.29, 0.717) is 37.2 Å². The third-order valence-electron chi connectivity index (χ3n) is 8.61. The Morgan fingerprint density at radius 3 is 2.59 bits per heavy atom. The molecule has 2 N–H and O–H groups in total. The zero-order valence-corrected chi connectivity index (χ0v) is 23.3. The Bertz CT molecular complexity index is 1490. The SMILES string of the molecule is Cc1cc(/C=C/C(=O)N2CCC(N(Cc3ncc[nH]3)N3CCC(c4c[nH]c5ccccc45)CC3)CC2)cc(F)c1F. The number of likely N-dealkylation sites (tertiary alicyclic amines) is 1. The minimum absolute atomic E-state index is 0.108. The summed E-state index contributed by atoms with van der Waals surface area (Å²) < 4.78 is 27.4. The number of hydrazine groups is 1. The fourth-order valence-corrected chi connectivity index (χ4v) is 6.37. The molecule has 0 radical (unpaired) electrons. The van der Waals surface area contributed by atoms with Crippen LogP contribution in [0.3, 0.4) is 0 Å². The molecule has 2 aliphatic rings.